The van der Waals surface area contributed by atoms with Crippen molar-refractivity contribution in [3.8, 4) is 5.75 Å². The van der Waals surface area contributed by atoms with Crippen LogP contribution in [0.3, 0.4) is 0 Å². The number of rotatable bonds is 3. The van der Waals surface area contributed by atoms with Crippen molar-refractivity contribution in [3.63, 3.8) is 0 Å². The van der Waals surface area contributed by atoms with Gasteiger partial charge in [0.05, 0.1) is 32.2 Å². The van der Waals surface area contributed by atoms with E-state index in [1.54, 1.807) is 29.6 Å². The molecular weight excluding hydrogens is 308 g/mol. The molecule has 1 atom stereocenters. The Morgan fingerprint density at radius 1 is 1.42 bits per heavy atom. The molecule has 6 heteroatoms. The van der Waals surface area contributed by atoms with E-state index in [0.29, 0.717) is 25.5 Å². The van der Waals surface area contributed by atoms with Gasteiger partial charge in [0.1, 0.15) is 17.5 Å². The lowest BCUT2D eigenvalue weighted by atomic mass is 9.84. The van der Waals surface area contributed by atoms with Crippen LogP contribution in [0.15, 0.2) is 41.3 Å². The van der Waals surface area contributed by atoms with Gasteiger partial charge in [-0.3, -0.25) is 9.78 Å². The van der Waals surface area contributed by atoms with E-state index in [1.165, 1.54) is 0 Å². The van der Waals surface area contributed by atoms with Gasteiger partial charge < -0.3 is 18.8 Å². The average molecular weight is 328 g/mol. The highest BCUT2D eigenvalue weighted by Gasteiger charge is 2.50. The van der Waals surface area contributed by atoms with Gasteiger partial charge in [0.25, 0.3) is 5.91 Å². The molecule has 2 saturated heterocycles. The van der Waals surface area contributed by atoms with Gasteiger partial charge in [0.15, 0.2) is 5.76 Å². The van der Waals surface area contributed by atoms with Crippen molar-refractivity contribution in [1.29, 1.82) is 0 Å². The summed E-state index contributed by atoms with van der Waals surface area (Å²) < 4.78 is 17.3. The predicted molar refractivity (Wildman–Crippen MR) is 85.9 cm³/mol. The number of amides is 1. The maximum Gasteiger partial charge on any atom is 0.290 e. The molecule has 0 aliphatic carbocycles. The van der Waals surface area contributed by atoms with Crippen LogP contribution in [0, 0.1) is 6.92 Å². The standard InChI is InChI=1S/C18H20N2O4/c1-13-4-7-22-16(13)17(21)20-11-18(12-20)9-14(5-8-23-18)24-15-3-2-6-19-10-15/h2-4,6-7,10,14H,5,8-9,11-12H2,1H3. The van der Waals surface area contributed by atoms with Crippen LogP contribution >= 0.6 is 0 Å². The third-order valence-electron chi connectivity index (χ3n) is 4.69. The zero-order chi connectivity index (χ0) is 16.6. The molecule has 2 fully saturated rings. The van der Waals surface area contributed by atoms with Crippen LogP contribution in [0.2, 0.25) is 0 Å². The topological polar surface area (TPSA) is 64.8 Å². The average Bonchev–Trinajstić information content (AvgIpc) is 2.99. The summed E-state index contributed by atoms with van der Waals surface area (Å²) in [6.45, 7) is 3.69. The minimum Gasteiger partial charge on any atom is -0.489 e. The van der Waals surface area contributed by atoms with Gasteiger partial charge in [-0.05, 0) is 25.1 Å². The normalized spacial score (nSPS) is 22.2. The molecule has 0 bridgehead atoms. The Balaban J connectivity index is 1.37. The number of carbonyl (C=O) groups excluding carboxylic acids is 1. The molecule has 2 aliphatic heterocycles. The molecule has 4 heterocycles. The van der Waals surface area contributed by atoms with Crippen molar-refractivity contribution in [3.05, 3.63) is 48.2 Å². The maximum absolute atomic E-state index is 12.4. The number of hydrogen-bond donors (Lipinski definition) is 0. The Bertz CT molecular complexity index is 722. The smallest absolute Gasteiger partial charge is 0.290 e. The maximum atomic E-state index is 12.4. The molecule has 24 heavy (non-hydrogen) atoms. The lowest BCUT2D eigenvalue weighted by molar-refractivity contribution is -0.174. The molecule has 4 rings (SSSR count). The Morgan fingerprint density at radius 2 is 2.29 bits per heavy atom. The van der Waals surface area contributed by atoms with Gasteiger partial charge in [-0.25, -0.2) is 0 Å². The first kappa shape index (κ1) is 15.2. The second-order valence-electron chi connectivity index (χ2n) is 6.55. The first-order valence-corrected chi connectivity index (χ1v) is 8.19. The SMILES string of the molecule is Cc1ccoc1C(=O)N1CC2(CC(Oc3cccnc3)CCO2)C1. The summed E-state index contributed by atoms with van der Waals surface area (Å²) in [6, 6.07) is 5.57. The van der Waals surface area contributed by atoms with E-state index in [0.717, 1.165) is 24.2 Å². The fourth-order valence-electron chi connectivity index (χ4n) is 3.44. The molecule has 6 nitrogen and oxygen atoms in total. The van der Waals surface area contributed by atoms with Crippen molar-refractivity contribution in [2.75, 3.05) is 19.7 Å². The molecule has 2 aliphatic rings. The molecule has 0 saturated carbocycles. The van der Waals surface area contributed by atoms with Crippen molar-refractivity contribution >= 4 is 5.91 Å². The highest BCUT2D eigenvalue weighted by atomic mass is 16.5. The quantitative estimate of drug-likeness (QED) is 0.866. The second-order valence-corrected chi connectivity index (χ2v) is 6.55. The van der Waals surface area contributed by atoms with Gasteiger partial charge in [-0.15, -0.1) is 0 Å². The van der Waals surface area contributed by atoms with Crippen molar-refractivity contribution in [2.45, 2.75) is 31.5 Å². The third-order valence-corrected chi connectivity index (χ3v) is 4.69. The minimum absolute atomic E-state index is 0.0676. The van der Waals surface area contributed by atoms with Crippen molar-refractivity contribution < 1.29 is 18.7 Å². The Hall–Kier alpha value is -2.34. The van der Waals surface area contributed by atoms with Crippen LogP contribution in [-0.2, 0) is 4.74 Å². The van der Waals surface area contributed by atoms with Crippen LogP contribution < -0.4 is 4.74 Å². The van der Waals surface area contributed by atoms with Gasteiger partial charge in [-0.2, -0.15) is 0 Å². The number of aryl methyl sites for hydroxylation is 1. The Labute approximate surface area is 140 Å². The zero-order valence-corrected chi connectivity index (χ0v) is 13.6. The van der Waals surface area contributed by atoms with Gasteiger partial charge >= 0.3 is 0 Å². The Morgan fingerprint density at radius 3 is 3.00 bits per heavy atom. The Kier molecular flexibility index (Phi) is 3.76. The molecule has 0 N–H and O–H groups in total. The summed E-state index contributed by atoms with van der Waals surface area (Å²) >= 11 is 0. The number of ether oxygens (including phenoxy) is 2. The van der Waals surface area contributed by atoms with Crippen LogP contribution in [0.25, 0.3) is 0 Å². The largest absolute Gasteiger partial charge is 0.489 e. The van der Waals surface area contributed by atoms with Gasteiger partial charge in [-0.1, -0.05) is 0 Å². The van der Waals surface area contributed by atoms with Gasteiger partial charge in [0.2, 0.25) is 0 Å². The molecule has 1 unspecified atom stereocenters. The number of nitrogens with zero attached hydrogens (tertiary/aromatic N) is 2. The van der Waals surface area contributed by atoms with Crippen LogP contribution in [0.1, 0.15) is 29.0 Å². The zero-order valence-electron chi connectivity index (χ0n) is 13.6. The molecule has 0 aromatic carbocycles. The molecule has 126 valence electrons. The number of likely N-dealkylation sites (tertiary alicyclic amines) is 1. The van der Waals surface area contributed by atoms with E-state index in [4.69, 9.17) is 13.9 Å². The number of hydrogen-bond acceptors (Lipinski definition) is 5. The summed E-state index contributed by atoms with van der Waals surface area (Å²) in [6.07, 6.45) is 6.71. The fourth-order valence-corrected chi connectivity index (χ4v) is 3.44. The van der Waals surface area contributed by atoms with E-state index in [-0.39, 0.29) is 17.6 Å². The first-order valence-electron chi connectivity index (χ1n) is 8.19. The molecule has 2 aromatic heterocycles. The number of carbonyl (C=O) groups is 1. The first-order chi connectivity index (χ1) is 11.7. The molecular formula is C18H20N2O4. The third kappa shape index (κ3) is 2.78. The molecule has 1 amide bonds. The summed E-state index contributed by atoms with van der Waals surface area (Å²) in [7, 11) is 0. The van der Waals surface area contributed by atoms with Crippen LogP contribution in [-0.4, -0.2) is 47.2 Å². The van der Waals surface area contributed by atoms with E-state index in [9.17, 15) is 4.79 Å². The van der Waals surface area contributed by atoms with Crippen LogP contribution in [0.5, 0.6) is 5.75 Å². The van der Waals surface area contributed by atoms with Crippen molar-refractivity contribution in [1.82, 2.24) is 9.88 Å². The molecule has 0 radical (unpaired) electrons. The van der Waals surface area contributed by atoms with Gasteiger partial charge in [0, 0.05) is 24.6 Å². The van der Waals surface area contributed by atoms with E-state index < -0.39 is 0 Å². The number of aromatic nitrogens is 1. The lowest BCUT2D eigenvalue weighted by Gasteiger charge is -2.52. The minimum atomic E-state index is -0.290. The summed E-state index contributed by atoms with van der Waals surface area (Å²) in [4.78, 5) is 18.3. The van der Waals surface area contributed by atoms with E-state index >= 15 is 0 Å². The molecule has 1 spiro atoms. The van der Waals surface area contributed by atoms with Crippen molar-refractivity contribution in [2.24, 2.45) is 0 Å². The molecule has 2 aromatic rings. The monoisotopic (exact) mass is 328 g/mol. The summed E-state index contributed by atoms with van der Waals surface area (Å²) in [5, 5.41) is 0. The fraction of sp³-hybridized carbons (Fsp3) is 0.444. The van der Waals surface area contributed by atoms with E-state index in [2.05, 4.69) is 4.98 Å². The highest BCUT2D eigenvalue weighted by Crippen LogP contribution is 2.36. The van der Waals surface area contributed by atoms with E-state index in [1.807, 2.05) is 19.1 Å². The number of pyridine rings is 1. The predicted octanol–water partition coefficient (Wildman–Crippen LogP) is 2.44. The number of furan rings is 1. The van der Waals surface area contributed by atoms with Crippen LogP contribution in [0.4, 0.5) is 0 Å². The lowest BCUT2D eigenvalue weighted by Crippen LogP contribution is -2.67. The highest BCUT2D eigenvalue weighted by molar-refractivity contribution is 5.93. The second kappa shape index (κ2) is 5.94. The summed E-state index contributed by atoms with van der Waals surface area (Å²) in [5.74, 6) is 1.13. The summed E-state index contributed by atoms with van der Waals surface area (Å²) in [5.41, 5.74) is 0.574.